The Hall–Kier alpha value is -1.68. The van der Waals surface area contributed by atoms with Crippen LogP contribution in [0, 0.1) is 0 Å². The third kappa shape index (κ3) is 3.39. The van der Waals surface area contributed by atoms with Crippen molar-refractivity contribution in [1.29, 1.82) is 0 Å². The van der Waals surface area contributed by atoms with E-state index in [4.69, 9.17) is 10.0 Å². The van der Waals surface area contributed by atoms with Gasteiger partial charge in [0.2, 0.25) is 0 Å². The number of nitrogens with two attached hydrogens (primary N) is 1. The van der Waals surface area contributed by atoms with Crippen LogP contribution in [0.2, 0.25) is 0 Å². The SMILES string of the molecule is NP(O)OC(c1ccccc1)(c1ccccc1)c1cccc(S)c1. The van der Waals surface area contributed by atoms with Crippen LogP contribution in [0.25, 0.3) is 0 Å². The molecule has 0 amide bonds. The third-order valence-corrected chi connectivity index (χ3v) is 4.58. The molecule has 0 aromatic heterocycles. The molecule has 0 saturated carbocycles. The van der Waals surface area contributed by atoms with Gasteiger partial charge in [0.25, 0.3) is 8.53 Å². The molecule has 1 atom stereocenters. The Morgan fingerprint density at radius 3 is 1.75 bits per heavy atom. The van der Waals surface area contributed by atoms with Gasteiger partial charge in [0.15, 0.2) is 5.60 Å². The van der Waals surface area contributed by atoms with E-state index < -0.39 is 14.1 Å². The molecule has 0 spiro atoms. The molecule has 0 aliphatic rings. The minimum atomic E-state index is -2.09. The van der Waals surface area contributed by atoms with Crippen molar-refractivity contribution in [1.82, 2.24) is 0 Å². The molecule has 24 heavy (non-hydrogen) atoms. The summed E-state index contributed by atoms with van der Waals surface area (Å²) in [7, 11) is -2.09. The van der Waals surface area contributed by atoms with E-state index in [0.717, 1.165) is 21.6 Å². The molecule has 5 heteroatoms. The molecule has 0 aliphatic heterocycles. The topological polar surface area (TPSA) is 55.5 Å². The highest BCUT2D eigenvalue weighted by Gasteiger charge is 2.39. The number of hydrogen-bond acceptors (Lipinski definition) is 4. The lowest BCUT2D eigenvalue weighted by molar-refractivity contribution is 0.156. The lowest BCUT2D eigenvalue weighted by Crippen LogP contribution is -2.32. The molecule has 3 aromatic carbocycles. The molecule has 3 aromatic rings. The Bertz CT molecular complexity index is 757. The molecule has 1 unspecified atom stereocenters. The monoisotopic (exact) mass is 355 g/mol. The van der Waals surface area contributed by atoms with Gasteiger partial charge in [-0.3, -0.25) is 5.50 Å². The first-order chi connectivity index (χ1) is 11.6. The minimum Gasteiger partial charge on any atom is -0.338 e. The van der Waals surface area contributed by atoms with E-state index in [1.807, 2.05) is 84.9 Å². The average molecular weight is 355 g/mol. The Morgan fingerprint density at radius 1 is 0.792 bits per heavy atom. The Morgan fingerprint density at radius 2 is 1.29 bits per heavy atom. The van der Waals surface area contributed by atoms with Crippen LogP contribution in [0.15, 0.2) is 89.8 Å². The quantitative estimate of drug-likeness (QED) is 0.360. The van der Waals surface area contributed by atoms with Crippen molar-refractivity contribution in [3.63, 3.8) is 0 Å². The zero-order valence-corrected chi connectivity index (χ0v) is 14.7. The first-order valence-electron chi connectivity index (χ1n) is 7.46. The maximum absolute atomic E-state index is 9.94. The summed E-state index contributed by atoms with van der Waals surface area (Å²) in [6.45, 7) is 0. The van der Waals surface area contributed by atoms with Gasteiger partial charge in [0.05, 0.1) is 0 Å². The second-order valence-electron chi connectivity index (χ2n) is 5.36. The van der Waals surface area contributed by atoms with Crippen LogP contribution in [0.3, 0.4) is 0 Å². The molecule has 3 N–H and O–H groups in total. The van der Waals surface area contributed by atoms with E-state index in [9.17, 15) is 4.89 Å². The van der Waals surface area contributed by atoms with Crippen LogP contribution < -0.4 is 5.50 Å². The van der Waals surface area contributed by atoms with Gasteiger partial charge in [0, 0.05) is 4.90 Å². The predicted octanol–water partition coefficient (Wildman–Crippen LogP) is 4.46. The van der Waals surface area contributed by atoms with Gasteiger partial charge < -0.3 is 9.42 Å². The van der Waals surface area contributed by atoms with Crippen LogP contribution in [-0.2, 0) is 10.1 Å². The Balaban J connectivity index is 2.33. The Kier molecular flexibility index (Phi) is 5.34. The molecule has 3 nitrogen and oxygen atoms in total. The van der Waals surface area contributed by atoms with Gasteiger partial charge in [0.1, 0.15) is 0 Å². The van der Waals surface area contributed by atoms with Gasteiger partial charge >= 0.3 is 0 Å². The number of thiol groups is 1. The summed E-state index contributed by atoms with van der Waals surface area (Å²) in [6.07, 6.45) is 0. The van der Waals surface area contributed by atoms with Crippen molar-refractivity contribution < 1.29 is 9.42 Å². The summed E-state index contributed by atoms with van der Waals surface area (Å²) in [5, 5.41) is 0. The summed E-state index contributed by atoms with van der Waals surface area (Å²) in [6, 6.07) is 27.2. The highest BCUT2D eigenvalue weighted by Crippen LogP contribution is 2.47. The molecule has 0 fully saturated rings. The van der Waals surface area contributed by atoms with Gasteiger partial charge in [-0.25, -0.2) is 0 Å². The van der Waals surface area contributed by atoms with Crippen molar-refractivity contribution in [3.8, 4) is 0 Å². The van der Waals surface area contributed by atoms with E-state index in [0.29, 0.717) is 0 Å². The van der Waals surface area contributed by atoms with Crippen LogP contribution in [0.4, 0.5) is 0 Å². The Labute approximate surface area is 148 Å². The maximum Gasteiger partial charge on any atom is 0.251 e. The second-order valence-corrected chi connectivity index (χ2v) is 6.66. The number of rotatable bonds is 5. The van der Waals surface area contributed by atoms with E-state index in [-0.39, 0.29) is 0 Å². The van der Waals surface area contributed by atoms with Crippen molar-refractivity contribution in [2.24, 2.45) is 5.50 Å². The highest BCUT2D eigenvalue weighted by atomic mass is 32.1. The molecular weight excluding hydrogens is 337 g/mol. The first kappa shape index (κ1) is 17.2. The average Bonchev–Trinajstić information content (AvgIpc) is 2.61. The largest absolute Gasteiger partial charge is 0.338 e. The molecule has 0 radical (unpaired) electrons. The zero-order chi connectivity index (χ0) is 17.0. The molecule has 0 aliphatic carbocycles. The first-order valence-corrected chi connectivity index (χ1v) is 9.19. The van der Waals surface area contributed by atoms with E-state index in [1.165, 1.54) is 0 Å². The predicted molar refractivity (Wildman–Crippen MR) is 101 cm³/mol. The molecule has 0 saturated heterocycles. The summed E-state index contributed by atoms with van der Waals surface area (Å²) in [5.74, 6) is 0. The van der Waals surface area contributed by atoms with Gasteiger partial charge in [-0.15, -0.1) is 12.6 Å². The van der Waals surface area contributed by atoms with Crippen LogP contribution in [0.1, 0.15) is 16.7 Å². The summed E-state index contributed by atoms with van der Waals surface area (Å²) in [5.41, 5.74) is 7.35. The van der Waals surface area contributed by atoms with Crippen molar-refractivity contribution in [2.45, 2.75) is 10.5 Å². The van der Waals surface area contributed by atoms with Crippen LogP contribution in [0.5, 0.6) is 0 Å². The number of benzene rings is 3. The van der Waals surface area contributed by atoms with Crippen molar-refractivity contribution >= 4 is 21.2 Å². The molecule has 3 rings (SSSR count). The molecule has 0 heterocycles. The molecule has 0 bridgehead atoms. The maximum atomic E-state index is 9.94. The summed E-state index contributed by atoms with van der Waals surface area (Å²) < 4.78 is 6.02. The van der Waals surface area contributed by atoms with Crippen LogP contribution in [-0.4, -0.2) is 4.89 Å². The minimum absolute atomic E-state index is 0.812. The lowest BCUT2D eigenvalue weighted by atomic mass is 9.80. The van der Waals surface area contributed by atoms with Gasteiger partial charge in [-0.2, -0.15) is 0 Å². The van der Waals surface area contributed by atoms with Crippen molar-refractivity contribution in [2.75, 3.05) is 0 Å². The van der Waals surface area contributed by atoms with Gasteiger partial charge in [-0.1, -0.05) is 72.8 Å². The lowest BCUT2D eigenvalue weighted by Gasteiger charge is -2.36. The zero-order valence-electron chi connectivity index (χ0n) is 12.9. The second kappa shape index (κ2) is 7.47. The highest BCUT2D eigenvalue weighted by molar-refractivity contribution is 7.80. The normalized spacial score (nSPS) is 12.8. The fourth-order valence-corrected chi connectivity index (χ4v) is 3.69. The summed E-state index contributed by atoms with van der Waals surface area (Å²) in [4.78, 5) is 10.8. The fourth-order valence-electron chi connectivity index (χ4n) is 2.87. The fraction of sp³-hybridized carbons (Fsp3) is 0.0526. The number of hydrogen-bond donors (Lipinski definition) is 3. The van der Waals surface area contributed by atoms with E-state index in [2.05, 4.69) is 12.6 Å². The molecular formula is C19H18NO2PS. The van der Waals surface area contributed by atoms with Crippen LogP contribution >= 0.6 is 21.2 Å². The standard InChI is InChI=1S/C19H18NO2PS/c20-23(21)22-19(15-8-3-1-4-9-15,16-10-5-2-6-11-16)17-12-7-13-18(24)14-17/h1-14,21,24H,20H2. The molecule has 122 valence electrons. The van der Waals surface area contributed by atoms with E-state index in [1.54, 1.807) is 0 Å². The van der Waals surface area contributed by atoms with Gasteiger partial charge in [-0.05, 0) is 28.8 Å². The smallest absolute Gasteiger partial charge is 0.251 e. The van der Waals surface area contributed by atoms with E-state index >= 15 is 0 Å². The van der Waals surface area contributed by atoms with Crippen molar-refractivity contribution in [3.05, 3.63) is 102 Å². The summed E-state index contributed by atoms with van der Waals surface area (Å²) >= 11 is 4.46. The third-order valence-electron chi connectivity index (χ3n) is 3.84.